The van der Waals surface area contributed by atoms with Crippen molar-refractivity contribution in [1.29, 1.82) is 0 Å². The fourth-order valence-corrected chi connectivity index (χ4v) is 4.80. The molecule has 2 N–H and O–H groups in total. The van der Waals surface area contributed by atoms with Gasteiger partial charge in [0, 0.05) is 19.3 Å². The number of hydrogen-bond acceptors (Lipinski definition) is 6. The van der Waals surface area contributed by atoms with Gasteiger partial charge in [-0.1, -0.05) is 6.07 Å². The lowest BCUT2D eigenvalue weighted by molar-refractivity contribution is -0.133. The van der Waals surface area contributed by atoms with E-state index in [0.29, 0.717) is 41.3 Å². The van der Waals surface area contributed by atoms with Gasteiger partial charge in [-0.05, 0) is 49.4 Å². The lowest BCUT2D eigenvalue weighted by Crippen LogP contribution is -2.54. The van der Waals surface area contributed by atoms with E-state index in [0.717, 1.165) is 6.42 Å². The minimum absolute atomic E-state index is 0.0328. The van der Waals surface area contributed by atoms with E-state index >= 15 is 0 Å². The number of fused-ring (bicyclic) bond motifs is 2. The number of amides is 3. The maximum absolute atomic E-state index is 13.3. The number of anilines is 1. The summed E-state index contributed by atoms with van der Waals surface area (Å²) in [5, 5.41) is 7.48. The van der Waals surface area contributed by atoms with Crippen molar-refractivity contribution in [3.8, 4) is 5.75 Å². The summed E-state index contributed by atoms with van der Waals surface area (Å²) in [6, 6.07) is 8.48. The molecule has 1 aromatic carbocycles. The molecule has 0 saturated carbocycles. The Hall–Kier alpha value is -2.91. The summed E-state index contributed by atoms with van der Waals surface area (Å²) in [6.45, 7) is 2.75. The van der Waals surface area contributed by atoms with Gasteiger partial charge < -0.3 is 25.0 Å². The number of nitrogens with one attached hydrogen (secondary N) is 2. The molecule has 0 spiro atoms. The molecular formula is C23H27N3O5S. The van der Waals surface area contributed by atoms with Crippen LogP contribution in [0.2, 0.25) is 0 Å². The Morgan fingerprint density at radius 3 is 2.84 bits per heavy atom. The van der Waals surface area contributed by atoms with E-state index in [4.69, 9.17) is 9.47 Å². The SMILES string of the molecule is CCNC(=O)C[C@H]1CC[C@@H]2[C@@H](COc3ccc(NC(=O)c4cccs4)cc3C(=O)N2C)O1. The van der Waals surface area contributed by atoms with Crippen molar-refractivity contribution >= 4 is 34.7 Å². The average Bonchev–Trinajstić information content (AvgIpc) is 3.32. The molecule has 0 radical (unpaired) electrons. The first-order valence-electron chi connectivity index (χ1n) is 10.8. The molecule has 1 aromatic heterocycles. The van der Waals surface area contributed by atoms with Gasteiger partial charge >= 0.3 is 0 Å². The topological polar surface area (TPSA) is 97.0 Å². The molecule has 2 aliphatic rings. The Labute approximate surface area is 190 Å². The van der Waals surface area contributed by atoms with E-state index in [2.05, 4.69) is 10.6 Å². The van der Waals surface area contributed by atoms with Crippen molar-refractivity contribution in [2.45, 2.75) is 44.4 Å². The summed E-state index contributed by atoms with van der Waals surface area (Å²) in [7, 11) is 1.76. The average molecular weight is 458 g/mol. The number of benzene rings is 1. The normalized spacial score (nSPS) is 22.6. The zero-order valence-corrected chi connectivity index (χ0v) is 18.9. The van der Waals surface area contributed by atoms with Crippen molar-refractivity contribution in [2.75, 3.05) is 25.5 Å². The molecule has 3 amide bonds. The summed E-state index contributed by atoms with van der Waals surface area (Å²) in [6.07, 6.45) is 1.22. The van der Waals surface area contributed by atoms with Gasteiger partial charge in [0.25, 0.3) is 11.8 Å². The van der Waals surface area contributed by atoms with E-state index in [1.807, 2.05) is 18.4 Å². The van der Waals surface area contributed by atoms with E-state index in [9.17, 15) is 14.4 Å². The molecule has 32 heavy (non-hydrogen) atoms. The molecule has 1 saturated heterocycles. The highest BCUT2D eigenvalue weighted by Crippen LogP contribution is 2.32. The van der Waals surface area contributed by atoms with Crippen molar-refractivity contribution in [2.24, 2.45) is 0 Å². The van der Waals surface area contributed by atoms with E-state index < -0.39 is 0 Å². The third kappa shape index (κ3) is 4.78. The molecule has 2 aliphatic heterocycles. The number of carbonyl (C=O) groups excluding carboxylic acids is 3. The fourth-order valence-electron chi connectivity index (χ4n) is 4.18. The van der Waals surface area contributed by atoms with Gasteiger partial charge in [0.1, 0.15) is 18.5 Å². The minimum atomic E-state index is -0.316. The number of ether oxygens (including phenoxy) is 2. The van der Waals surface area contributed by atoms with Crippen LogP contribution in [0, 0.1) is 0 Å². The molecule has 8 nitrogen and oxygen atoms in total. The number of carbonyl (C=O) groups is 3. The number of nitrogens with zero attached hydrogens (tertiary/aromatic N) is 1. The van der Waals surface area contributed by atoms with E-state index in [1.165, 1.54) is 11.3 Å². The Kier molecular flexibility index (Phi) is 6.76. The number of thiophene rings is 1. The quantitative estimate of drug-likeness (QED) is 0.720. The van der Waals surface area contributed by atoms with Gasteiger partial charge in [-0.2, -0.15) is 0 Å². The molecule has 0 unspecified atom stereocenters. The summed E-state index contributed by atoms with van der Waals surface area (Å²) in [4.78, 5) is 39.9. The minimum Gasteiger partial charge on any atom is -0.490 e. The first-order chi connectivity index (χ1) is 15.5. The molecule has 0 aliphatic carbocycles. The summed E-state index contributed by atoms with van der Waals surface area (Å²) in [5.74, 6) is 0.0117. The molecule has 2 aromatic rings. The largest absolute Gasteiger partial charge is 0.490 e. The van der Waals surface area contributed by atoms with E-state index in [-0.39, 0.29) is 42.6 Å². The van der Waals surface area contributed by atoms with Crippen molar-refractivity contribution in [1.82, 2.24) is 10.2 Å². The van der Waals surface area contributed by atoms with Crippen LogP contribution in [0.1, 0.15) is 46.2 Å². The molecule has 3 atom stereocenters. The summed E-state index contributed by atoms with van der Waals surface area (Å²) >= 11 is 1.35. The second kappa shape index (κ2) is 9.70. The Morgan fingerprint density at radius 1 is 1.25 bits per heavy atom. The van der Waals surface area contributed by atoms with Gasteiger partial charge in [-0.3, -0.25) is 14.4 Å². The molecule has 9 heteroatoms. The zero-order chi connectivity index (χ0) is 22.7. The molecule has 4 rings (SSSR count). The van der Waals surface area contributed by atoms with Gasteiger partial charge in [-0.25, -0.2) is 0 Å². The van der Waals surface area contributed by atoms with Crippen molar-refractivity contribution < 1.29 is 23.9 Å². The van der Waals surface area contributed by atoms with E-state index in [1.54, 1.807) is 36.2 Å². The van der Waals surface area contributed by atoms with Crippen LogP contribution in [0.3, 0.4) is 0 Å². The van der Waals surface area contributed by atoms with Crippen LogP contribution >= 0.6 is 11.3 Å². The maximum Gasteiger partial charge on any atom is 0.265 e. The smallest absolute Gasteiger partial charge is 0.265 e. The second-order valence-electron chi connectivity index (χ2n) is 7.97. The molecule has 0 bridgehead atoms. The highest BCUT2D eigenvalue weighted by Gasteiger charge is 2.39. The van der Waals surface area contributed by atoms with Crippen LogP contribution in [0.25, 0.3) is 0 Å². The molecular weight excluding hydrogens is 430 g/mol. The first-order valence-corrected chi connectivity index (χ1v) is 11.6. The highest BCUT2D eigenvalue weighted by atomic mass is 32.1. The molecule has 170 valence electrons. The number of hydrogen-bond donors (Lipinski definition) is 2. The van der Waals surface area contributed by atoms with Gasteiger partial charge in [0.15, 0.2) is 0 Å². The fraction of sp³-hybridized carbons (Fsp3) is 0.435. The number of rotatable bonds is 5. The predicted molar refractivity (Wildman–Crippen MR) is 121 cm³/mol. The van der Waals surface area contributed by atoms with Gasteiger partial charge in [-0.15, -0.1) is 11.3 Å². The Balaban J connectivity index is 1.49. The maximum atomic E-state index is 13.3. The Morgan fingerprint density at radius 2 is 2.09 bits per heavy atom. The second-order valence-corrected chi connectivity index (χ2v) is 8.92. The monoisotopic (exact) mass is 457 g/mol. The van der Waals surface area contributed by atoms with Gasteiger partial charge in [0.05, 0.1) is 29.0 Å². The zero-order valence-electron chi connectivity index (χ0n) is 18.1. The van der Waals surface area contributed by atoms with Crippen molar-refractivity contribution in [3.05, 3.63) is 46.2 Å². The lowest BCUT2D eigenvalue weighted by atomic mass is 9.94. The summed E-state index contributed by atoms with van der Waals surface area (Å²) in [5.41, 5.74) is 0.936. The number of likely N-dealkylation sites (N-methyl/N-ethyl adjacent to an activating group) is 1. The van der Waals surface area contributed by atoms with Crippen LogP contribution in [-0.2, 0) is 9.53 Å². The predicted octanol–water partition coefficient (Wildman–Crippen LogP) is 2.91. The standard InChI is InChI=1S/C23H27N3O5S/c1-3-24-21(27)12-15-7-8-17-19(31-15)13-30-18-9-6-14(11-16(18)23(29)26(17)2)25-22(28)20-5-4-10-32-20/h4-6,9-11,15,17,19H,3,7-8,12-13H2,1-2H3,(H,24,27)(H,25,28)/t15-,17-,19-/m1/s1. The first kappa shape index (κ1) is 22.3. The van der Waals surface area contributed by atoms with Crippen molar-refractivity contribution in [3.63, 3.8) is 0 Å². The third-order valence-corrected chi connectivity index (χ3v) is 6.67. The van der Waals surface area contributed by atoms with Crippen LogP contribution in [0.15, 0.2) is 35.7 Å². The highest BCUT2D eigenvalue weighted by molar-refractivity contribution is 7.12. The lowest BCUT2D eigenvalue weighted by Gasteiger charge is -2.42. The molecule has 1 fully saturated rings. The Bertz CT molecular complexity index is 994. The van der Waals surface area contributed by atoms with Crippen LogP contribution in [-0.4, -0.2) is 61.1 Å². The van der Waals surface area contributed by atoms with Gasteiger partial charge in [0.2, 0.25) is 5.91 Å². The third-order valence-electron chi connectivity index (χ3n) is 5.80. The van der Waals surface area contributed by atoms with Crippen LogP contribution in [0.5, 0.6) is 5.75 Å². The molecule has 3 heterocycles. The van der Waals surface area contributed by atoms with Crippen LogP contribution in [0.4, 0.5) is 5.69 Å². The summed E-state index contributed by atoms with van der Waals surface area (Å²) < 4.78 is 12.1. The van der Waals surface area contributed by atoms with Crippen LogP contribution < -0.4 is 15.4 Å².